The Morgan fingerprint density at radius 2 is 1.59 bits per heavy atom. The lowest BCUT2D eigenvalue weighted by atomic mass is 10.1. The molecule has 0 radical (unpaired) electrons. The van der Waals surface area contributed by atoms with Gasteiger partial charge in [-0.1, -0.05) is 30.3 Å². The van der Waals surface area contributed by atoms with Crippen LogP contribution in [-0.2, 0) is 16.2 Å². The fourth-order valence-corrected chi connectivity index (χ4v) is 3.60. The van der Waals surface area contributed by atoms with E-state index in [0.29, 0.717) is 17.5 Å². The SMILES string of the molecule is O=C(O)c1cc(NS(=O)(=O)c2ccc3ccccc3c2)cc(C(F)(F)F)c1. The van der Waals surface area contributed by atoms with Crippen molar-refractivity contribution in [2.24, 2.45) is 0 Å². The highest BCUT2D eigenvalue weighted by Crippen LogP contribution is 2.33. The molecule has 0 fully saturated rings. The Morgan fingerprint density at radius 1 is 0.926 bits per heavy atom. The minimum absolute atomic E-state index is 0.157. The molecule has 3 aromatic carbocycles. The van der Waals surface area contributed by atoms with E-state index in [4.69, 9.17) is 5.11 Å². The zero-order valence-electron chi connectivity index (χ0n) is 13.5. The molecule has 0 aromatic heterocycles. The lowest BCUT2D eigenvalue weighted by molar-refractivity contribution is -0.137. The average molecular weight is 395 g/mol. The highest BCUT2D eigenvalue weighted by atomic mass is 32.2. The summed E-state index contributed by atoms with van der Waals surface area (Å²) in [5, 5.41) is 10.4. The zero-order valence-corrected chi connectivity index (χ0v) is 14.3. The zero-order chi connectivity index (χ0) is 19.8. The number of hydrogen-bond acceptors (Lipinski definition) is 3. The number of sulfonamides is 1. The smallest absolute Gasteiger partial charge is 0.416 e. The molecule has 0 aliphatic carbocycles. The molecule has 0 amide bonds. The third-order valence-electron chi connectivity index (χ3n) is 3.79. The molecule has 0 aliphatic rings. The van der Waals surface area contributed by atoms with Crippen LogP contribution in [0.3, 0.4) is 0 Å². The predicted molar refractivity (Wildman–Crippen MR) is 93.2 cm³/mol. The number of rotatable bonds is 4. The highest BCUT2D eigenvalue weighted by molar-refractivity contribution is 7.92. The molecule has 0 spiro atoms. The van der Waals surface area contributed by atoms with Crippen molar-refractivity contribution < 1.29 is 31.5 Å². The number of benzene rings is 3. The van der Waals surface area contributed by atoms with Crippen molar-refractivity contribution in [1.29, 1.82) is 0 Å². The van der Waals surface area contributed by atoms with Crippen LogP contribution in [0.15, 0.2) is 65.6 Å². The van der Waals surface area contributed by atoms with E-state index in [1.807, 2.05) is 4.72 Å². The molecule has 0 saturated heterocycles. The number of carbonyl (C=O) groups is 1. The minimum Gasteiger partial charge on any atom is -0.478 e. The van der Waals surface area contributed by atoms with Crippen LogP contribution in [0, 0.1) is 0 Å². The van der Waals surface area contributed by atoms with Crippen molar-refractivity contribution >= 4 is 32.5 Å². The fraction of sp³-hybridized carbons (Fsp3) is 0.0556. The predicted octanol–water partition coefficient (Wildman–Crippen LogP) is 4.36. The average Bonchev–Trinajstić information content (AvgIpc) is 2.59. The van der Waals surface area contributed by atoms with Gasteiger partial charge in [-0.2, -0.15) is 13.2 Å². The second-order valence-corrected chi connectivity index (χ2v) is 7.40. The third-order valence-corrected chi connectivity index (χ3v) is 5.17. The summed E-state index contributed by atoms with van der Waals surface area (Å²) in [6, 6.07) is 13.1. The quantitative estimate of drug-likeness (QED) is 0.688. The Labute approximate surface area is 152 Å². The maximum atomic E-state index is 13.0. The van der Waals surface area contributed by atoms with Crippen molar-refractivity contribution in [3.63, 3.8) is 0 Å². The minimum atomic E-state index is -4.82. The van der Waals surface area contributed by atoms with Crippen LogP contribution in [0.1, 0.15) is 15.9 Å². The van der Waals surface area contributed by atoms with Crippen LogP contribution in [-0.4, -0.2) is 19.5 Å². The molecule has 0 saturated carbocycles. The van der Waals surface area contributed by atoms with Gasteiger partial charge in [0.2, 0.25) is 0 Å². The first kappa shape index (κ1) is 18.7. The van der Waals surface area contributed by atoms with E-state index >= 15 is 0 Å². The van der Waals surface area contributed by atoms with Gasteiger partial charge >= 0.3 is 12.1 Å². The van der Waals surface area contributed by atoms with Gasteiger partial charge in [-0.25, -0.2) is 13.2 Å². The number of nitrogens with one attached hydrogen (secondary N) is 1. The Morgan fingerprint density at radius 3 is 2.22 bits per heavy atom. The van der Waals surface area contributed by atoms with E-state index in [9.17, 15) is 26.4 Å². The van der Waals surface area contributed by atoms with E-state index in [-0.39, 0.29) is 4.90 Å². The van der Waals surface area contributed by atoms with Crippen LogP contribution < -0.4 is 4.72 Å². The molecule has 3 aromatic rings. The van der Waals surface area contributed by atoms with Gasteiger partial charge in [0.25, 0.3) is 10.0 Å². The second kappa shape index (κ2) is 6.58. The molecule has 0 atom stereocenters. The van der Waals surface area contributed by atoms with Gasteiger partial charge < -0.3 is 5.11 Å². The van der Waals surface area contributed by atoms with Gasteiger partial charge in [0.05, 0.1) is 21.7 Å². The molecule has 9 heteroatoms. The van der Waals surface area contributed by atoms with E-state index in [2.05, 4.69) is 0 Å². The molecule has 0 bridgehead atoms. The van der Waals surface area contributed by atoms with Crippen molar-refractivity contribution in [3.8, 4) is 0 Å². The second-order valence-electron chi connectivity index (χ2n) is 5.72. The standard InChI is InChI=1S/C18H12F3NO4S/c19-18(20,21)14-7-13(17(23)24)8-15(10-14)22-27(25,26)16-6-5-11-3-1-2-4-12(11)9-16/h1-10,22H,(H,23,24). The summed E-state index contributed by atoms with van der Waals surface area (Å²) in [5.74, 6) is -1.60. The Balaban J connectivity index is 2.04. The van der Waals surface area contributed by atoms with Crippen LogP contribution in [0.4, 0.5) is 18.9 Å². The lowest BCUT2D eigenvalue weighted by Crippen LogP contribution is -2.15. The van der Waals surface area contributed by atoms with Crippen molar-refractivity contribution in [1.82, 2.24) is 0 Å². The molecule has 0 unspecified atom stereocenters. The summed E-state index contributed by atoms with van der Waals surface area (Å²) in [7, 11) is -4.22. The first-order valence-electron chi connectivity index (χ1n) is 7.53. The van der Waals surface area contributed by atoms with Gasteiger partial charge in [-0.05, 0) is 41.1 Å². The molecule has 140 valence electrons. The first-order valence-corrected chi connectivity index (χ1v) is 9.02. The Hall–Kier alpha value is -3.07. The molecular formula is C18H12F3NO4S. The highest BCUT2D eigenvalue weighted by Gasteiger charge is 2.32. The van der Waals surface area contributed by atoms with Crippen LogP contribution >= 0.6 is 0 Å². The van der Waals surface area contributed by atoms with Gasteiger partial charge in [0.15, 0.2) is 0 Å². The number of aromatic carboxylic acids is 1. The number of carboxylic acids is 1. The number of hydrogen-bond donors (Lipinski definition) is 2. The summed E-state index contributed by atoms with van der Waals surface area (Å²) < 4.78 is 66.0. The van der Waals surface area contributed by atoms with Crippen LogP contribution in [0.2, 0.25) is 0 Å². The number of anilines is 1. The topological polar surface area (TPSA) is 83.5 Å². The van der Waals surface area contributed by atoms with E-state index < -0.39 is 39.0 Å². The Bertz CT molecular complexity index is 1140. The van der Waals surface area contributed by atoms with E-state index in [1.165, 1.54) is 12.1 Å². The largest absolute Gasteiger partial charge is 0.478 e. The number of halogens is 3. The summed E-state index contributed by atoms with van der Waals surface area (Å²) in [5.41, 5.74) is -2.44. The van der Waals surface area contributed by atoms with Crippen LogP contribution in [0.5, 0.6) is 0 Å². The molecule has 3 rings (SSSR count). The molecule has 0 heterocycles. The van der Waals surface area contributed by atoms with Gasteiger partial charge in [-0.3, -0.25) is 4.72 Å². The summed E-state index contributed by atoms with van der Waals surface area (Å²) in [6.07, 6.45) is -4.82. The van der Waals surface area contributed by atoms with E-state index in [1.54, 1.807) is 30.3 Å². The number of carboxylic acid groups (broad SMARTS) is 1. The van der Waals surface area contributed by atoms with Crippen molar-refractivity contribution in [3.05, 3.63) is 71.8 Å². The molecular weight excluding hydrogens is 383 g/mol. The van der Waals surface area contributed by atoms with Crippen molar-refractivity contribution in [2.75, 3.05) is 4.72 Å². The monoisotopic (exact) mass is 395 g/mol. The van der Waals surface area contributed by atoms with Crippen molar-refractivity contribution in [2.45, 2.75) is 11.1 Å². The molecule has 27 heavy (non-hydrogen) atoms. The van der Waals surface area contributed by atoms with Gasteiger partial charge in [0, 0.05) is 0 Å². The fourth-order valence-electron chi connectivity index (χ4n) is 2.52. The third kappa shape index (κ3) is 4.03. The van der Waals surface area contributed by atoms with Gasteiger partial charge in [0.1, 0.15) is 0 Å². The molecule has 0 aliphatic heterocycles. The van der Waals surface area contributed by atoms with Gasteiger partial charge in [-0.15, -0.1) is 0 Å². The molecule has 2 N–H and O–H groups in total. The first-order chi connectivity index (χ1) is 12.6. The molecule has 5 nitrogen and oxygen atoms in total. The maximum absolute atomic E-state index is 13.0. The van der Waals surface area contributed by atoms with E-state index in [0.717, 1.165) is 11.5 Å². The summed E-state index contributed by atoms with van der Waals surface area (Å²) in [4.78, 5) is 10.9. The lowest BCUT2D eigenvalue weighted by Gasteiger charge is -2.13. The van der Waals surface area contributed by atoms with Crippen LogP contribution in [0.25, 0.3) is 10.8 Å². The summed E-state index contributed by atoms with van der Waals surface area (Å²) >= 11 is 0. The normalized spacial score (nSPS) is 12.1. The summed E-state index contributed by atoms with van der Waals surface area (Å²) in [6.45, 7) is 0. The Kier molecular flexibility index (Phi) is 4.56. The number of alkyl halides is 3. The maximum Gasteiger partial charge on any atom is 0.416 e. The number of fused-ring (bicyclic) bond motifs is 1.